The first-order chi connectivity index (χ1) is 7.11. The molecule has 2 N–H and O–H groups in total. The number of nitrogens with two attached hydrogens (primary N) is 1. The molecule has 1 aromatic carbocycles. The maximum Gasteiger partial charge on any atom is 0.168 e. The number of rotatable bonds is 4. The summed E-state index contributed by atoms with van der Waals surface area (Å²) >= 11 is 3.14. The van der Waals surface area contributed by atoms with Crippen LogP contribution in [0.4, 0.5) is 4.39 Å². The molecule has 0 radical (unpaired) electrons. The Labute approximate surface area is 95.5 Å². The monoisotopic (exact) mass is 275 g/mol. The quantitative estimate of drug-likeness (QED) is 0.857. The molecule has 0 unspecified atom stereocenters. The maximum absolute atomic E-state index is 13.4. The minimum atomic E-state index is -0.568. The van der Waals surface area contributed by atoms with Crippen molar-refractivity contribution in [1.29, 1.82) is 0 Å². The van der Waals surface area contributed by atoms with E-state index in [0.29, 0.717) is 10.2 Å². The zero-order valence-electron chi connectivity index (χ0n) is 8.22. The van der Waals surface area contributed by atoms with Crippen molar-refractivity contribution < 1.29 is 13.9 Å². The molecule has 0 aromatic heterocycles. The van der Waals surface area contributed by atoms with Crippen LogP contribution in [0, 0.1) is 5.82 Å². The normalized spacial score (nSPS) is 10.1. The summed E-state index contributed by atoms with van der Waals surface area (Å²) in [6, 6.07) is 2.66. The zero-order chi connectivity index (χ0) is 11.4. The van der Waals surface area contributed by atoms with Gasteiger partial charge in [-0.25, -0.2) is 4.39 Å². The largest absolute Gasteiger partial charge is 0.496 e. The number of Topliss-reactive ketones (excluding diaryl/α,β-unsaturated/α-hetero) is 1. The fourth-order valence-electron chi connectivity index (χ4n) is 1.20. The topological polar surface area (TPSA) is 52.3 Å². The predicted molar refractivity (Wildman–Crippen MR) is 58.7 cm³/mol. The van der Waals surface area contributed by atoms with Gasteiger partial charge in [-0.3, -0.25) is 4.79 Å². The van der Waals surface area contributed by atoms with Crippen molar-refractivity contribution >= 4 is 21.7 Å². The summed E-state index contributed by atoms with van der Waals surface area (Å²) in [4.78, 5) is 11.5. The van der Waals surface area contributed by atoms with Crippen LogP contribution in [0.15, 0.2) is 16.6 Å². The van der Waals surface area contributed by atoms with Gasteiger partial charge in [-0.05, 0) is 34.6 Å². The van der Waals surface area contributed by atoms with Crippen LogP contribution < -0.4 is 10.5 Å². The molecule has 0 aliphatic heterocycles. The number of hydrogen-bond donors (Lipinski definition) is 1. The molecule has 82 valence electrons. The highest BCUT2D eigenvalue weighted by molar-refractivity contribution is 9.10. The van der Waals surface area contributed by atoms with Gasteiger partial charge in [0, 0.05) is 6.42 Å². The van der Waals surface area contributed by atoms with Crippen molar-refractivity contribution in [2.75, 3.05) is 13.7 Å². The van der Waals surface area contributed by atoms with Crippen LogP contribution in [0.25, 0.3) is 0 Å². The van der Waals surface area contributed by atoms with E-state index in [0.717, 1.165) is 0 Å². The lowest BCUT2D eigenvalue weighted by molar-refractivity contribution is 0.0980. The molecule has 0 aliphatic carbocycles. The van der Waals surface area contributed by atoms with Crippen LogP contribution in [0.1, 0.15) is 16.8 Å². The molecule has 1 rings (SSSR count). The summed E-state index contributed by atoms with van der Waals surface area (Å²) in [6.07, 6.45) is 0.114. The Balaban J connectivity index is 3.20. The third kappa shape index (κ3) is 2.54. The van der Waals surface area contributed by atoms with Gasteiger partial charge in [0.05, 0.1) is 17.1 Å². The predicted octanol–water partition coefficient (Wildman–Crippen LogP) is 2.13. The Morgan fingerprint density at radius 2 is 2.27 bits per heavy atom. The van der Waals surface area contributed by atoms with E-state index in [-0.39, 0.29) is 24.3 Å². The van der Waals surface area contributed by atoms with E-state index in [1.165, 1.54) is 19.2 Å². The first-order valence-corrected chi connectivity index (χ1v) is 5.16. The SMILES string of the molecule is COc1ccc(F)c(C(=O)CCN)c1Br. The fourth-order valence-corrected chi connectivity index (χ4v) is 1.91. The van der Waals surface area contributed by atoms with Gasteiger partial charge in [0.25, 0.3) is 0 Å². The molecule has 3 nitrogen and oxygen atoms in total. The third-order valence-corrected chi connectivity index (χ3v) is 2.71. The molecule has 15 heavy (non-hydrogen) atoms. The summed E-state index contributed by atoms with van der Waals surface area (Å²) in [5, 5.41) is 0. The van der Waals surface area contributed by atoms with E-state index in [9.17, 15) is 9.18 Å². The summed E-state index contributed by atoms with van der Waals surface area (Å²) in [5.41, 5.74) is 5.25. The maximum atomic E-state index is 13.4. The molecule has 0 amide bonds. The molecule has 0 fully saturated rings. The van der Waals surface area contributed by atoms with Gasteiger partial charge in [0.15, 0.2) is 5.78 Å². The van der Waals surface area contributed by atoms with E-state index >= 15 is 0 Å². The van der Waals surface area contributed by atoms with E-state index in [1.54, 1.807) is 0 Å². The van der Waals surface area contributed by atoms with Gasteiger partial charge in [0.1, 0.15) is 11.6 Å². The second kappa shape index (κ2) is 5.23. The van der Waals surface area contributed by atoms with Gasteiger partial charge in [0.2, 0.25) is 0 Å². The van der Waals surface area contributed by atoms with Crippen molar-refractivity contribution in [2.45, 2.75) is 6.42 Å². The number of methoxy groups -OCH3 is 1. The molecule has 0 saturated carbocycles. The number of ketones is 1. The standard InChI is InChI=1S/C10H11BrFNO2/c1-15-8-3-2-6(12)9(10(8)11)7(14)4-5-13/h2-3H,4-5,13H2,1H3. The third-order valence-electron chi connectivity index (χ3n) is 1.93. The molecule has 0 saturated heterocycles. The highest BCUT2D eigenvalue weighted by Crippen LogP contribution is 2.31. The van der Waals surface area contributed by atoms with Gasteiger partial charge in [-0.1, -0.05) is 0 Å². The highest BCUT2D eigenvalue weighted by atomic mass is 79.9. The van der Waals surface area contributed by atoms with Crippen molar-refractivity contribution in [1.82, 2.24) is 0 Å². The molecule has 0 heterocycles. The lowest BCUT2D eigenvalue weighted by atomic mass is 10.1. The van der Waals surface area contributed by atoms with Gasteiger partial charge in [-0.15, -0.1) is 0 Å². The van der Waals surface area contributed by atoms with E-state index in [1.807, 2.05) is 0 Å². The van der Waals surface area contributed by atoms with Crippen LogP contribution in [-0.2, 0) is 0 Å². The number of benzene rings is 1. The minimum absolute atomic E-state index is 0.000185. The van der Waals surface area contributed by atoms with Crippen molar-refractivity contribution in [3.8, 4) is 5.75 Å². The summed E-state index contributed by atoms with van der Waals surface area (Å²) in [6.45, 7) is 0.196. The van der Waals surface area contributed by atoms with Crippen LogP contribution in [0.5, 0.6) is 5.75 Å². The summed E-state index contributed by atoms with van der Waals surface area (Å²) < 4.78 is 18.7. The Morgan fingerprint density at radius 1 is 1.60 bits per heavy atom. The average Bonchev–Trinajstić information content (AvgIpc) is 2.18. The summed E-state index contributed by atoms with van der Waals surface area (Å²) in [5.74, 6) is -0.473. The number of halogens is 2. The van der Waals surface area contributed by atoms with Gasteiger partial charge < -0.3 is 10.5 Å². The van der Waals surface area contributed by atoms with E-state index in [4.69, 9.17) is 10.5 Å². The van der Waals surface area contributed by atoms with Gasteiger partial charge in [-0.2, -0.15) is 0 Å². The molecule has 0 spiro atoms. The van der Waals surface area contributed by atoms with Gasteiger partial charge >= 0.3 is 0 Å². The molecule has 5 heteroatoms. The highest BCUT2D eigenvalue weighted by Gasteiger charge is 2.18. The zero-order valence-corrected chi connectivity index (χ0v) is 9.80. The molecular formula is C10H11BrFNO2. The minimum Gasteiger partial charge on any atom is -0.496 e. The number of hydrogen-bond acceptors (Lipinski definition) is 3. The Bertz CT molecular complexity index is 382. The van der Waals surface area contributed by atoms with E-state index in [2.05, 4.69) is 15.9 Å². The van der Waals surface area contributed by atoms with Crippen molar-refractivity contribution in [3.63, 3.8) is 0 Å². The molecule has 1 aromatic rings. The van der Waals surface area contributed by atoms with Crippen LogP contribution in [-0.4, -0.2) is 19.4 Å². The first kappa shape index (κ1) is 12.1. The van der Waals surface area contributed by atoms with Crippen LogP contribution >= 0.6 is 15.9 Å². The second-order valence-corrected chi connectivity index (χ2v) is 3.69. The van der Waals surface area contributed by atoms with Crippen LogP contribution in [0.2, 0.25) is 0 Å². The van der Waals surface area contributed by atoms with Crippen molar-refractivity contribution in [2.24, 2.45) is 5.73 Å². The molecular weight excluding hydrogens is 265 g/mol. The average molecular weight is 276 g/mol. The number of ether oxygens (including phenoxy) is 1. The fraction of sp³-hybridized carbons (Fsp3) is 0.300. The number of carbonyl (C=O) groups excluding carboxylic acids is 1. The second-order valence-electron chi connectivity index (χ2n) is 2.90. The lowest BCUT2D eigenvalue weighted by Gasteiger charge is -2.08. The summed E-state index contributed by atoms with van der Waals surface area (Å²) in [7, 11) is 1.45. The Kier molecular flexibility index (Phi) is 4.23. The number of carbonyl (C=O) groups is 1. The molecule has 0 aliphatic rings. The first-order valence-electron chi connectivity index (χ1n) is 4.37. The Hall–Kier alpha value is -0.940. The van der Waals surface area contributed by atoms with Crippen molar-refractivity contribution in [3.05, 3.63) is 28.0 Å². The molecule has 0 atom stereocenters. The van der Waals surface area contributed by atoms with Crippen LogP contribution in [0.3, 0.4) is 0 Å². The smallest absolute Gasteiger partial charge is 0.168 e. The Morgan fingerprint density at radius 3 is 2.80 bits per heavy atom. The molecule has 0 bridgehead atoms. The lowest BCUT2D eigenvalue weighted by Crippen LogP contribution is -2.11. The van der Waals surface area contributed by atoms with E-state index < -0.39 is 5.82 Å².